The molecule has 9 saturated heterocycles. The summed E-state index contributed by atoms with van der Waals surface area (Å²) in [6.07, 6.45) is 34.5. The van der Waals surface area contributed by atoms with E-state index in [-0.39, 0.29) is 39.9 Å². The van der Waals surface area contributed by atoms with Crippen molar-refractivity contribution in [3.8, 4) is 0 Å². The van der Waals surface area contributed by atoms with Crippen molar-refractivity contribution < 1.29 is 24.0 Å². The van der Waals surface area contributed by atoms with Crippen molar-refractivity contribution in [1.29, 1.82) is 0 Å². The van der Waals surface area contributed by atoms with Gasteiger partial charge in [-0.15, -0.1) is 0 Å². The number of ketones is 2. The van der Waals surface area contributed by atoms with Gasteiger partial charge in [-0.25, -0.2) is 0 Å². The van der Waals surface area contributed by atoms with Crippen LogP contribution in [-0.2, 0) is 37.1 Å². The van der Waals surface area contributed by atoms with Gasteiger partial charge in [-0.2, -0.15) is 0 Å². The highest BCUT2D eigenvalue weighted by Gasteiger charge is 2.26. The molecule has 1 aromatic heterocycles. The zero-order valence-corrected chi connectivity index (χ0v) is 83.2. The second-order valence-electron chi connectivity index (χ2n) is 41.3. The minimum Gasteiger partial charge on any atom is -0.354 e. The second kappa shape index (κ2) is 78.0. The van der Waals surface area contributed by atoms with Gasteiger partial charge in [0.25, 0.3) is 0 Å². The lowest BCUT2D eigenvalue weighted by atomic mass is 10.1. The van der Waals surface area contributed by atoms with E-state index in [1.165, 1.54) is 239 Å². The molecule has 17 heteroatoms. The molecule has 0 bridgehead atoms. The van der Waals surface area contributed by atoms with E-state index in [0.717, 1.165) is 133 Å². The van der Waals surface area contributed by atoms with Crippen LogP contribution in [0, 0.1) is 65.1 Å². The number of benzene rings is 1. The SMILES string of the molecule is C.C.C.CC(C)CCCC(=O)C=O.CC(C)CCN1CCCCC1.CC(C)CN1CCCC(=O)C1.CC(C)CN1CCCC1.CC(C)CN1CCCCC1.CC(C)CN1CCCCC1.CC(C)CN1CCCCC1.CC(C)CN1CCCCC1.CC(C)CN1CCN(C)CC1=O.CC(C)CN1CCN(Cc2ccccc2)CC1=O.CC(C)Cn1cccc1. The smallest absolute Gasteiger partial charge is 0.236 e. The number of likely N-dealkylation sites (tertiary alicyclic amines) is 7. The Bertz CT molecular complexity index is 2590. The average molecular weight is 1730 g/mol. The molecular formula is C106H210N12O5. The van der Waals surface area contributed by atoms with Crippen LogP contribution in [0.25, 0.3) is 0 Å². The lowest BCUT2D eigenvalue weighted by molar-refractivity contribution is -0.137. The van der Waals surface area contributed by atoms with E-state index in [2.05, 4.69) is 238 Å². The molecule has 10 heterocycles. The van der Waals surface area contributed by atoms with Crippen molar-refractivity contribution in [3.05, 3.63) is 60.4 Å². The number of piperidine rings is 6. The van der Waals surface area contributed by atoms with Crippen molar-refractivity contribution in [2.45, 2.75) is 335 Å². The van der Waals surface area contributed by atoms with E-state index < -0.39 is 0 Å². The van der Waals surface area contributed by atoms with Crippen molar-refractivity contribution >= 4 is 29.7 Å². The van der Waals surface area contributed by atoms with Gasteiger partial charge in [-0.05, 0) is 278 Å². The van der Waals surface area contributed by atoms with E-state index in [1.807, 2.05) is 35.0 Å². The van der Waals surface area contributed by atoms with Gasteiger partial charge in [-0.1, -0.05) is 243 Å². The third kappa shape index (κ3) is 73.6. The van der Waals surface area contributed by atoms with E-state index in [9.17, 15) is 24.0 Å². The summed E-state index contributed by atoms with van der Waals surface area (Å²) < 4.78 is 2.20. The number of Topliss-reactive ketones (excluding diaryl/α,β-unsaturated/α-hetero) is 2. The van der Waals surface area contributed by atoms with Crippen LogP contribution in [0.4, 0.5) is 0 Å². The molecule has 123 heavy (non-hydrogen) atoms. The molecular weight excluding hydrogens is 1520 g/mol. The molecule has 17 nitrogen and oxygen atoms in total. The highest BCUT2D eigenvalue weighted by molar-refractivity contribution is 6.24. The molecule has 1 aromatic carbocycles. The Morgan fingerprint density at radius 1 is 0.317 bits per heavy atom. The molecule has 0 N–H and O–H groups in total. The van der Waals surface area contributed by atoms with Crippen LogP contribution >= 0.6 is 0 Å². The maximum absolute atomic E-state index is 12.0. The highest BCUT2D eigenvalue weighted by Crippen LogP contribution is 2.18. The molecule has 0 saturated carbocycles. The van der Waals surface area contributed by atoms with Crippen LogP contribution in [-0.4, -0.2) is 285 Å². The van der Waals surface area contributed by atoms with Crippen LogP contribution in [0.5, 0.6) is 0 Å². The Morgan fingerprint density at radius 2 is 0.634 bits per heavy atom. The van der Waals surface area contributed by atoms with Crippen molar-refractivity contribution in [3.63, 3.8) is 0 Å². The van der Waals surface area contributed by atoms with Gasteiger partial charge >= 0.3 is 0 Å². The summed E-state index contributed by atoms with van der Waals surface area (Å²) in [4.78, 5) is 80.8. The van der Waals surface area contributed by atoms with E-state index in [0.29, 0.717) is 61.8 Å². The maximum atomic E-state index is 12.0. The van der Waals surface area contributed by atoms with Gasteiger partial charge in [0.15, 0.2) is 12.1 Å². The fraction of sp³-hybridized carbons (Fsp3) is 0.858. The number of likely N-dealkylation sites (N-methyl/N-ethyl adjacent to an activating group) is 1. The van der Waals surface area contributed by atoms with E-state index >= 15 is 0 Å². The third-order valence-electron chi connectivity index (χ3n) is 22.4. The highest BCUT2D eigenvalue weighted by atomic mass is 16.2. The molecule has 724 valence electrons. The third-order valence-corrected chi connectivity index (χ3v) is 22.4. The van der Waals surface area contributed by atoms with Gasteiger partial charge < -0.3 is 43.8 Å². The fourth-order valence-electron chi connectivity index (χ4n) is 16.8. The Morgan fingerprint density at radius 3 is 0.951 bits per heavy atom. The lowest BCUT2D eigenvalue weighted by Gasteiger charge is -2.35. The molecule has 9 aliphatic rings. The summed E-state index contributed by atoms with van der Waals surface area (Å²) in [6, 6.07) is 14.5. The lowest BCUT2D eigenvalue weighted by Crippen LogP contribution is -2.50. The molecule has 0 radical (unpaired) electrons. The second-order valence-corrected chi connectivity index (χ2v) is 41.3. The van der Waals surface area contributed by atoms with Crippen LogP contribution in [0.2, 0.25) is 0 Å². The maximum Gasteiger partial charge on any atom is 0.236 e. The quantitative estimate of drug-likeness (QED) is 0.0592. The first kappa shape index (κ1) is 123. The van der Waals surface area contributed by atoms with E-state index in [4.69, 9.17) is 0 Å². The molecule has 0 spiro atoms. The summed E-state index contributed by atoms with van der Waals surface area (Å²) in [5.41, 5.74) is 1.28. The van der Waals surface area contributed by atoms with E-state index in [1.54, 1.807) is 0 Å². The number of nitrogens with zero attached hydrogens (tertiary/aromatic N) is 12. The molecule has 9 fully saturated rings. The summed E-state index contributed by atoms with van der Waals surface area (Å²) >= 11 is 0. The molecule has 2 amide bonds. The fourth-order valence-corrected chi connectivity index (χ4v) is 16.8. The number of carbonyl (C=O) groups excluding carboxylic acids is 5. The first-order valence-electron chi connectivity index (χ1n) is 49.8. The predicted molar refractivity (Wildman–Crippen MR) is 538 cm³/mol. The number of hydrogen-bond donors (Lipinski definition) is 0. The number of aldehydes is 1. The Hall–Kier alpha value is -3.91. The standard InChI is InChI=1S/C15H22N2O.C10H21N.C9H18N2O.C9H17NO.4C9H19N.C8H17N.C8H13N.C8H14O2.3CH4/c1-13(2)10-17-9-8-16(12-15(17)18)11-14-6-4-3-5-7-14;1-10(2)6-9-11-7-4-3-5-8-11;1-8(2)6-11-5-4-10(3)7-9(11)12;1-8(2)6-10-5-3-4-9(11)7-10;4*1-9(2)8-10-6-4-3-5-7-10;2*1-8(2)7-9-5-3-4-6-9;1-7(2)4-3-5-8(10)6-9;;;/h3-7,13H,8-12H2,1-2H3;10H,3-9H2,1-2H3;8H,4-7H2,1-3H3;8H,3-7H2,1-2H3;4*9H,3-8H2,1-2H3;8H,3-7H2,1-2H3;3-6,8H,7H2,1-2H3;6-7H,3-5H2,1-2H3;3*1H4. The van der Waals surface area contributed by atoms with Gasteiger partial charge in [0, 0.05) is 117 Å². The minimum absolute atomic E-state index is 0. The van der Waals surface area contributed by atoms with Crippen molar-refractivity contribution in [2.24, 2.45) is 65.1 Å². The first-order valence-corrected chi connectivity index (χ1v) is 49.8. The molecule has 11 rings (SSSR count). The zero-order valence-electron chi connectivity index (χ0n) is 83.2. The van der Waals surface area contributed by atoms with Crippen LogP contribution in [0.1, 0.15) is 328 Å². The van der Waals surface area contributed by atoms with Gasteiger partial charge in [-0.3, -0.25) is 38.7 Å². The number of aromatic nitrogens is 1. The van der Waals surface area contributed by atoms with Crippen LogP contribution < -0.4 is 0 Å². The molecule has 0 unspecified atom stereocenters. The molecule has 2 aromatic rings. The molecule has 0 atom stereocenters. The summed E-state index contributed by atoms with van der Waals surface area (Å²) in [6.45, 7) is 84.8. The number of hydrogen-bond acceptors (Lipinski definition) is 14. The number of rotatable bonds is 28. The topological polar surface area (TPSA) is 126 Å². The number of amides is 2. The Labute approximate surface area is 765 Å². The average Bonchev–Trinajstić information content (AvgIpc) is 1.68. The Balaban J connectivity index is -0.00000129. The summed E-state index contributed by atoms with van der Waals surface area (Å²) in [5, 5.41) is 0. The largest absolute Gasteiger partial charge is 0.354 e. The van der Waals surface area contributed by atoms with Gasteiger partial charge in [0.1, 0.15) is 5.78 Å². The van der Waals surface area contributed by atoms with Crippen molar-refractivity contribution in [2.75, 3.05) is 197 Å². The van der Waals surface area contributed by atoms with Crippen molar-refractivity contribution in [1.82, 2.24) is 58.5 Å². The Kier molecular flexibility index (Phi) is 78.1. The number of carbonyl (C=O) groups is 5. The van der Waals surface area contributed by atoms with Gasteiger partial charge in [0.2, 0.25) is 11.8 Å². The van der Waals surface area contributed by atoms with Gasteiger partial charge in [0.05, 0.1) is 19.6 Å². The normalized spacial score (nSPS) is 18.6. The minimum atomic E-state index is -0.277. The van der Waals surface area contributed by atoms with Crippen LogP contribution in [0.3, 0.4) is 0 Å². The first-order chi connectivity index (χ1) is 57.1. The predicted octanol–water partition coefficient (Wildman–Crippen LogP) is 22.1. The summed E-state index contributed by atoms with van der Waals surface area (Å²) in [7, 11) is 1.99. The zero-order chi connectivity index (χ0) is 89.4. The monoisotopic (exact) mass is 1730 g/mol. The molecule has 0 aliphatic carbocycles. The summed E-state index contributed by atoms with van der Waals surface area (Å²) in [5.74, 6) is 8.97. The number of piperazine rings is 2. The molecule has 9 aliphatic heterocycles. The van der Waals surface area contributed by atoms with Crippen LogP contribution in [0.15, 0.2) is 54.9 Å².